The summed E-state index contributed by atoms with van der Waals surface area (Å²) in [5.41, 5.74) is 2.43. The van der Waals surface area contributed by atoms with Crippen molar-refractivity contribution >= 4 is 11.8 Å². The van der Waals surface area contributed by atoms with Crippen LogP contribution in [0.3, 0.4) is 0 Å². The van der Waals surface area contributed by atoms with E-state index in [-0.39, 0.29) is 0 Å². The van der Waals surface area contributed by atoms with Gasteiger partial charge in [0.25, 0.3) is 0 Å². The fourth-order valence-corrected chi connectivity index (χ4v) is 3.57. The highest BCUT2D eigenvalue weighted by Crippen LogP contribution is 2.19. The van der Waals surface area contributed by atoms with Gasteiger partial charge in [-0.2, -0.15) is 4.98 Å². The van der Waals surface area contributed by atoms with Gasteiger partial charge >= 0.3 is 0 Å². The van der Waals surface area contributed by atoms with Crippen LogP contribution < -0.4 is 10.2 Å². The van der Waals surface area contributed by atoms with E-state index in [9.17, 15) is 0 Å². The number of anilines is 2. The monoisotopic (exact) mass is 354 g/mol. The van der Waals surface area contributed by atoms with Crippen LogP contribution in [0.4, 0.5) is 11.8 Å². The Balaban J connectivity index is 1.34. The Bertz CT molecular complexity index is 733. The zero-order valence-corrected chi connectivity index (χ0v) is 15.3. The highest BCUT2D eigenvalue weighted by atomic mass is 16.5. The first-order valence-corrected chi connectivity index (χ1v) is 9.33. The third kappa shape index (κ3) is 4.11. The van der Waals surface area contributed by atoms with Crippen molar-refractivity contribution in [1.29, 1.82) is 0 Å². The van der Waals surface area contributed by atoms with E-state index in [1.807, 2.05) is 24.5 Å². The summed E-state index contributed by atoms with van der Waals surface area (Å²) in [5, 5.41) is 3.58. The van der Waals surface area contributed by atoms with Gasteiger partial charge in [0.05, 0.1) is 13.2 Å². The molecule has 2 aromatic heterocycles. The minimum Gasteiger partial charge on any atom is -0.378 e. The summed E-state index contributed by atoms with van der Waals surface area (Å²) in [5.74, 6) is 1.70. The Morgan fingerprint density at radius 3 is 2.88 bits per heavy atom. The van der Waals surface area contributed by atoms with E-state index in [0.717, 1.165) is 69.8 Å². The summed E-state index contributed by atoms with van der Waals surface area (Å²) < 4.78 is 5.41. The van der Waals surface area contributed by atoms with E-state index in [2.05, 4.69) is 38.1 Å². The Kier molecular flexibility index (Phi) is 5.26. The Morgan fingerprint density at radius 2 is 2.04 bits per heavy atom. The lowest BCUT2D eigenvalue weighted by Gasteiger charge is -2.27. The average molecular weight is 354 g/mol. The van der Waals surface area contributed by atoms with E-state index in [4.69, 9.17) is 9.72 Å². The van der Waals surface area contributed by atoms with Crippen LogP contribution in [-0.4, -0.2) is 65.3 Å². The third-order valence-corrected chi connectivity index (χ3v) is 5.07. The summed E-state index contributed by atoms with van der Waals surface area (Å²) in [4.78, 5) is 18.2. The van der Waals surface area contributed by atoms with Crippen molar-refractivity contribution in [2.24, 2.45) is 0 Å². The van der Waals surface area contributed by atoms with Crippen LogP contribution in [0.5, 0.6) is 0 Å². The number of nitrogens with one attached hydrogen (secondary N) is 1. The maximum absolute atomic E-state index is 5.41. The van der Waals surface area contributed by atoms with Gasteiger partial charge in [-0.1, -0.05) is 6.07 Å². The molecule has 0 saturated carbocycles. The maximum atomic E-state index is 5.41. The second-order valence-corrected chi connectivity index (χ2v) is 6.95. The molecule has 7 nitrogen and oxygen atoms in total. The Hall–Kier alpha value is -2.25. The normalized spacial score (nSPS) is 21.1. The number of aromatic nitrogens is 3. The number of hydrogen-bond donors (Lipinski definition) is 1. The molecule has 2 saturated heterocycles. The van der Waals surface area contributed by atoms with Crippen molar-refractivity contribution in [3.63, 3.8) is 0 Å². The Labute approximate surface area is 154 Å². The predicted octanol–water partition coefficient (Wildman–Crippen LogP) is 1.70. The van der Waals surface area contributed by atoms with Crippen LogP contribution >= 0.6 is 0 Å². The summed E-state index contributed by atoms with van der Waals surface area (Å²) in [6.45, 7) is 8.34. The second kappa shape index (κ2) is 7.97. The lowest BCUT2D eigenvalue weighted by Crippen LogP contribution is -2.37. The van der Waals surface area contributed by atoms with E-state index in [1.165, 1.54) is 5.56 Å². The number of likely N-dealkylation sites (tertiary alicyclic amines) is 1. The molecule has 1 atom stereocenters. The van der Waals surface area contributed by atoms with E-state index >= 15 is 0 Å². The van der Waals surface area contributed by atoms with Crippen molar-refractivity contribution in [3.05, 3.63) is 41.9 Å². The van der Waals surface area contributed by atoms with E-state index in [0.29, 0.717) is 6.04 Å². The number of ether oxygens (including phenoxy) is 1. The molecule has 26 heavy (non-hydrogen) atoms. The molecule has 4 rings (SSSR count). The molecule has 0 radical (unpaired) electrons. The molecule has 0 aromatic carbocycles. The molecular formula is C19H26N6O. The number of hydrogen-bond acceptors (Lipinski definition) is 7. The first-order chi connectivity index (χ1) is 12.8. The molecule has 2 fully saturated rings. The second-order valence-electron chi connectivity index (χ2n) is 6.95. The van der Waals surface area contributed by atoms with Gasteiger partial charge in [-0.05, 0) is 31.0 Å². The standard InChI is InChI=1S/C19H26N6O/c1-15-16(3-2-6-20-15)13-24-8-5-17(14-24)22-18-4-7-21-19(23-18)25-9-11-26-12-10-25/h2-4,6-7,17H,5,8-14H2,1H3,(H,21,22,23). The van der Waals surface area contributed by atoms with Crippen LogP contribution in [0.25, 0.3) is 0 Å². The molecule has 0 amide bonds. The molecule has 7 heteroatoms. The van der Waals surface area contributed by atoms with Crippen molar-refractivity contribution in [2.75, 3.05) is 49.6 Å². The first kappa shape index (κ1) is 17.2. The van der Waals surface area contributed by atoms with Crippen molar-refractivity contribution < 1.29 is 4.74 Å². The van der Waals surface area contributed by atoms with Gasteiger partial charge in [-0.15, -0.1) is 0 Å². The SMILES string of the molecule is Cc1ncccc1CN1CCC(Nc2ccnc(N3CCOCC3)n2)C1. The topological polar surface area (TPSA) is 66.4 Å². The van der Waals surface area contributed by atoms with Gasteiger partial charge in [-0.3, -0.25) is 9.88 Å². The highest BCUT2D eigenvalue weighted by molar-refractivity contribution is 5.42. The number of rotatable bonds is 5. The number of nitrogens with zero attached hydrogens (tertiary/aromatic N) is 5. The fraction of sp³-hybridized carbons (Fsp3) is 0.526. The first-order valence-electron chi connectivity index (χ1n) is 9.33. The zero-order valence-electron chi connectivity index (χ0n) is 15.3. The maximum Gasteiger partial charge on any atom is 0.227 e. The zero-order chi connectivity index (χ0) is 17.8. The largest absolute Gasteiger partial charge is 0.378 e. The van der Waals surface area contributed by atoms with Crippen molar-refractivity contribution in [3.8, 4) is 0 Å². The minimum atomic E-state index is 0.416. The smallest absolute Gasteiger partial charge is 0.227 e. The summed E-state index contributed by atoms with van der Waals surface area (Å²) in [7, 11) is 0. The molecule has 1 N–H and O–H groups in total. The molecule has 0 aliphatic carbocycles. The summed E-state index contributed by atoms with van der Waals surface area (Å²) >= 11 is 0. The molecule has 0 spiro atoms. The molecule has 2 aliphatic heterocycles. The number of morpholine rings is 1. The van der Waals surface area contributed by atoms with Crippen LogP contribution in [0, 0.1) is 6.92 Å². The van der Waals surface area contributed by atoms with Crippen LogP contribution in [0.15, 0.2) is 30.6 Å². The summed E-state index contributed by atoms with van der Waals surface area (Å²) in [6.07, 6.45) is 4.82. The van der Waals surface area contributed by atoms with E-state index < -0.39 is 0 Å². The van der Waals surface area contributed by atoms with Gasteiger partial charge in [-0.25, -0.2) is 4.98 Å². The van der Waals surface area contributed by atoms with Crippen LogP contribution in [0.1, 0.15) is 17.7 Å². The molecule has 4 heterocycles. The van der Waals surface area contributed by atoms with Gasteiger partial charge < -0.3 is 15.0 Å². The molecule has 0 bridgehead atoms. The van der Waals surface area contributed by atoms with Crippen molar-refractivity contribution in [1.82, 2.24) is 19.9 Å². The molecule has 1 unspecified atom stereocenters. The van der Waals surface area contributed by atoms with Crippen molar-refractivity contribution in [2.45, 2.75) is 25.9 Å². The number of pyridine rings is 1. The van der Waals surface area contributed by atoms with Gasteiger partial charge in [0.2, 0.25) is 5.95 Å². The highest BCUT2D eigenvalue weighted by Gasteiger charge is 2.23. The molecular weight excluding hydrogens is 328 g/mol. The lowest BCUT2D eigenvalue weighted by atomic mass is 10.2. The predicted molar refractivity (Wildman–Crippen MR) is 101 cm³/mol. The van der Waals surface area contributed by atoms with Gasteiger partial charge in [0, 0.05) is 56.9 Å². The van der Waals surface area contributed by atoms with Crippen LogP contribution in [-0.2, 0) is 11.3 Å². The number of aryl methyl sites for hydroxylation is 1. The summed E-state index contributed by atoms with van der Waals surface area (Å²) in [6, 6.07) is 6.56. The quantitative estimate of drug-likeness (QED) is 0.877. The third-order valence-electron chi connectivity index (χ3n) is 5.07. The van der Waals surface area contributed by atoms with E-state index in [1.54, 1.807) is 0 Å². The van der Waals surface area contributed by atoms with Gasteiger partial charge in [0.1, 0.15) is 5.82 Å². The lowest BCUT2D eigenvalue weighted by molar-refractivity contribution is 0.122. The Morgan fingerprint density at radius 1 is 1.15 bits per heavy atom. The average Bonchev–Trinajstić information content (AvgIpc) is 3.11. The van der Waals surface area contributed by atoms with Gasteiger partial charge in [0.15, 0.2) is 0 Å². The molecule has 2 aliphatic rings. The fourth-order valence-electron chi connectivity index (χ4n) is 3.57. The minimum absolute atomic E-state index is 0.416. The van der Waals surface area contributed by atoms with Crippen LogP contribution in [0.2, 0.25) is 0 Å². The molecule has 2 aromatic rings. The molecule has 138 valence electrons.